The largest absolute Gasteiger partial charge is 0.323 e. The Kier molecular flexibility index (Phi) is 5.34. The maximum Gasteiger partial charge on any atom is 0.0431 e. The van der Waals surface area contributed by atoms with Crippen molar-refractivity contribution in [1.29, 1.82) is 0 Å². The summed E-state index contributed by atoms with van der Waals surface area (Å²) in [4.78, 5) is 0. The van der Waals surface area contributed by atoms with Crippen molar-refractivity contribution in [2.75, 3.05) is 5.75 Å². The zero-order valence-corrected chi connectivity index (χ0v) is 12.0. The molecule has 1 aromatic carbocycles. The Morgan fingerprint density at radius 1 is 1.29 bits per heavy atom. The predicted octanol–water partition coefficient (Wildman–Crippen LogP) is 2.85. The summed E-state index contributed by atoms with van der Waals surface area (Å²) in [5, 5.41) is 0.229. The van der Waals surface area contributed by atoms with E-state index in [1.807, 2.05) is 13.0 Å². The lowest BCUT2D eigenvalue weighted by molar-refractivity contribution is 0.662. The lowest BCUT2D eigenvalue weighted by Crippen LogP contribution is -2.23. The SMILES string of the molecule is CCC(C)S(=O)CC(N)c1ccc(C)c(C)c1. The first-order valence-electron chi connectivity index (χ1n) is 6.15. The van der Waals surface area contributed by atoms with E-state index in [0.717, 1.165) is 12.0 Å². The van der Waals surface area contributed by atoms with Gasteiger partial charge in [-0.15, -0.1) is 0 Å². The van der Waals surface area contributed by atoms with Crippen molar-refractivity contribution in [3.05, 3.63) is 34.9 Å². The van der Waals surface area contributed by atoms with E-state index in [2.05, 4.69) is 32.9 Å². The average Bonchev–Trinajstić information content (AvgIpc) is 2.31. The van der Waals surface area contributed by atoms with Crippen molar-refractivity contribution >= 4 is 10.8 Å². The van der Waals surface area contributed by atoms with Gasteiger partial charge in [0, 0.05) is 27.8 Å². The third-order valence-corrected chi connectivity index (χ3v) is 5.25. The van der Waals surface area contributed by atoms with Gasteiger partial charge in [0.05, 0.1) is 0 Å². The van der Waals surface area contributed by atoms with E-state index in [4.69, 9.17) is 5.73 Å². The molecular weight excluding hydrogens is 230 g/mol. The van der Waals surface area contributed by atoms with Gasteiger partial charge < -0.3 is 5.73 Å². The molecule has 0 radical (unpaired) electrons. The van der Waals surface area contributed by atoms with Crippen LogP contribution in [0.15, 0.2) is 18.2 Å². The Morgan fingerprint density at radius 3 is 2.47 bits per heavy atom. The van der Waals surface area contributed by atoms with Gasteiger partial charge in [0.15, 0.2) is 0 Å². The van der Waals surface area contributed by atoms with Crippen LogP contribution in [0.25, 0.3) is 0 Å². The molecule has 3 heteroatoms. The number of rotatable bonds is 5. The highest BCUT2D eigenvalue weighted by molar-refractivity contribution is 7.85. The molecule has 1 rings (SSSR count). The number of hydrogen-bond acceptors (Lipinski definition) is 2. The summed E-state index contributed by atoms with van der Waals surface area (Å²) in [6.45, 7) is 8.24. The number of aryl methyl sites for hydroxylation is 2. The highest BCUT2D eigenvalue weighted by Gasteiger charge is 2.15. The summed E-state index contributed by atoms with van der Waals surface area (Å²) in [5.41, 5.74) is 9.71. The molecule has 1 aromatic rings. The van der Waals surface area contributed by atoms with Gasteiger partial charge >= 0.3 is 0 Å². The van der Waals surface area contributed by atoms with Crippen LogP contribution in [0.2, 0.25) is 0 Å². The first kappa shape index (κ1) is 14.4. The Morgan fingerprint density at radius 2 is 1.94 bits per heavy atom. The van der Waals surface area contributed by atoms with E-state index in [1.165, 1.54) is 11.1 Å². The second kappa shape index (κ2) is 6.31. The van der Waals surface area contributed by atoms with Gasteiger partial charge in [0.2, 0.25) is 0 Å². The topological polar surface area (TPSA) is 43.1 Å². The van der Waals surface area contributed by atoms with Crippen LogP contribution < -0.4 is 5.73 Å². The average molecular weight is 253 g/mol. The van der Waals surface area contributed by atoms with Gasteiger partial charge in [-0.05, 0) is 37.0 Å². The molecule has 0 aliphatic heterocycles. The minimum atomic E-state index is -0.832. The molecule has 0 aromatic heterocycles. The molecule has 3 unspecified atom stereocenters. The van der Waals surface area contributed by atoms with Crippen LogP contribution in [0.5, 0.6) is 0 Å². The first-order chi connectivity index (χ1) is 7.95. The van der Waals surface area contributed by atoms with Crippen molar-refractivity contribution in [2.45, 2.75) is 45.4 Å². The fourth-order valence-electron chi connectivity index (χ4n) is 1.62. The maximum atomic E-state index is 11.9. The summed E-state index contributed by atoms with van der Waals surface area (Å²) in [7, 11) is -0.832. The van der Waals surface area contributed by atoms with Crippen LogP contribution in [-0.4, -0.2) is 15.2 Å². The normalized spacial score (nSPS) is 16.5. The van der Waals surface area contributed by atoms with Crippen LogP contribution in [0.3, 0.4) is 0 Å². The molecule has 0 fully saturated rings. The highest BCUT2D eigenvalue weighted by atomic mass is 32.2. The van der Waals surface area contributed by atoms with E-state index in [-0.39, 0.29) is 11.3 Å². The number of nitrogens with two attached hydrogens (primary N) is 1. The molecule has 2 nitrogen and oxygen atoms in total. The zero-order valence-electron chi connectivity index (χ0n) is 11.2. The molecule has 0 spiro atoms. The van der Waals surface area contributed by atoms with Crippen molar-refractivity contribution in [3.63, 3.8) is 0 Å². The summed E-state index contributed by atoms with van der Waals surface area (Å²) in [6, 6.07) is 6.11. The summed E-state index contributed by atoms with van der Waals surface area (Å²) in [5.74, 6) is 0.553. The van der Waals surface area contributed by atoms with E-state index in [9.17, 15) is 4.21 Å². The Bertz CT molecular complexity index is 403. The second-order valence-corrected chi connectivity index (χ2v) is 6.62. The monoisotopic (exact) mass is 253 g/mol. The zero-order chi connectivity index (χ0) is 13.0. The molecule has 17 heavy (non-hydrogen) atoms. The van der Waals surface area contributed by atoms with E-state index >= 15 is 0 Å². The Labute approximate surface area is 107 Å². The van der Waals surface area contributed by atoms with Crippen molar-refractivity contribution in [1.82, 2.24) is 0 Å². The quantitative estimate of drug-likeness (QED) is 0.877. The molecular formula is C14H23NOS. The molecule has 0 bridgehead atoms. The molecule has 0 saturated carbocycles. The molecule has 2 N–H and O–H groups in total. The molecule has 0 aliphatic rings. The van der Waals surface area contributed by atoms with E-state index in [1.54, 1.807) is 0 Å². The third-order valence-electron chi connectivity index (χ3n) is 3.33. The molecule has 0 aliphatic carbocycles. The van der Waals surface area contributed by atoms with Gasteiger partial charge in [-0.1, -0.05) is 32.0 Å². The molecule has 3 atom stereocenters. The van der Waals surface area contributed by atoms with Crippen LogP contribution in [0, 0.1) is 13.8 Å². The van der Waals surface area contributed by atoms with Crippen LogP contribution in [0.1, 0.15) is 43.0 Å². The molecule has 0 saturated heterocycles. The highest BCUT2D eigenvalue weighted by Crippen LogP contribution is 2.17. The number of hydrogen-bond donors (Lipinski definition) is 1. The minimum absolute atomic E-state index is 0.121. The summed E-state index contributed by atoms with van der Waals surface area (Å²) < 4.78 is 11.9. The fourth-order valence-corrected chi connectivity index (χ4v) is 2.87. The molecule has 96 valence electrons. The van der Waals surface area contributed by atoms with Crippen LogP contribution in [-0.2, 0) is 10.8 Å². The van der Waals surface area contributed by atoms with Gasteiger partial charge in [0.1, 0.15) is 0 Å². The number of benzene rings is 1. The van der Waals surface area contributed by atoms with Crippen molar-refractivity contribution in [3.8, 4) is 0 Å². The fraction of sp³-hybridized carbons (Fsp3) is 0.571. The Hall–Kier alpha value is -0.670. The van der Waals surface area contributed by atoms with Gasteiger partial charge in [-0.25, -0.2) is 0 Å². The molecule has 0 amide bonds. The van der Waals surface area contributed by atoms with E-state index in [0.29, 0.717) is 5.75 Å². The Balaban J connectivity index is 2.73. The first-order valence-corrected chi connectivity index (χ1v) is 7.53. The maximum absolute atomic E-state index is 11.9. The van der Waals surface area contributed by atoms with Crippen molar-refractivity contribution < 1.29 is 4.21 Å². The predicted molar refractivity (Wildman–Crippen MR) is 75.6 cm³/mol. The van der Waals surface area contributed by atoms with Crippen molar-refractivity contribution in [2.24, 2.45) is 5.73 Å². The van der Waals surface area contributed by atoms with Gasteiger partial charge in [-0.2, -0.15) is 0 Å². The lowest BCUT2D eigenvalue weighted by atomic mass is 10.0. The standard InChI is InChI=1S/C14H23NOS/c1-5-12(4)17(16)9-14(15)13-7-6-10(2)11(3)8-13/h6-8,12,14H,5,9,15H2,1-4H3. The second-order valence-electron chi connectivity index (χ2n) is 4.72. The van der Waals surface area contributed by atoms with Gasteiger partial charge in [-0.3, -0.25) is 4.21 Å². The summed E-state index contributed by atoms with van der Waals surface area (Å²) in [6.07, 6.45) is 0.937. The van der Waals surface area contributed by atoms with E-state index < -0.39 is 10.8 Å². The van der Waals surface area contributed by atoms with Gasteiger partial charge in [0.25, 0.3) is 0 Å². The smallest absolute Gasteiger partial charge is 0.0431 e. The summed E-state index contributed by atoms with van der Waals surface area (Å²) >= 11 is 0. The van der Waals surface area contributed by atoms with Crippen LogP contribution >= 0.6 is 0 Å². The minimum Gasteiger partial charge on any atom is -0.323 e. The third kappa shape index (κ3) is 3.93. The van der Waals surface area contributed by atoms with Crippen LogP contribution in [0.4, 0.5) is 0 Å². The lowest BCUT2D eigenvalue weighted by Gasteiger charge is -2.16. The molecule has 0 heterocycles.